The van der Waals surface area contributed by atoms with Crippen LogP contribution in [-0.2, 0) is 66.5 Å². The van der Waals surface area contributed by atoms with Gasteiger partial charge in [0, 0.05) is 60.3 Å². The van der Waals surface area contributed by atoms with E-state index >= 15 is 0 Å². The first-order valence-corrected chi connectivity index (χ1v) is 30.7. The number of anilines is 1. The maximum absolute atomic E-state index is 14.7. The van der Waals surface area contributed by atoms with E-state index in [1.807, 2.05) is 44.2 Å². The maximum Gasteiger partial charge on any atom is 0.410 e. The summed E-state index contributed by atoms with van der Waals surface area (Å²) in [4.78, 5) is 130. The van der Waals surface area contributed by atoms with Crippen molar-refractivity contribution in [3.05, 3.63) is 113 Å². The molecule has 24 nitrogen and oxygen atoms in total. The summed E-state index contributed by atoms with van der Waals surface area (Å²) < 4.78 is 16.9. The van der Waals surface area contributed by atoms with E-state index in [1.165, 1.54) is 24.9 Å². The minimum absolute atomic E-state index is 0.0237. The van der Waals surface area contributed by atoms with E-state index in [9.17, 15) is 48.3 Å². The third-order valence-electron chi connectivity index (χ3n) is 14.5. The van der Waals surface area contributed by atoms with Crippen LogP contribution < -0.4 is 43.0 Å². The Hall–Kier alpha value is -7.81. The number of carboxylic acid groups (broad SMARTS) is 1. The Labute approximate surface area is 532 Å². The van der Waals surface area contributed by atoms with Crippen molar-refractivity contribution in [3.63, 3.8) is 0 Å². The third kappa shape index (κ3) is 23.3. The molecule has 89 heavy (non-hydrogen) atoms. The van der Waals surface area contributed by atoms with Gasteiger partial charge in [0.15, 0.2) is 0 Å². The smallest absolute Gasteiger partial charge is 0.410 e. The number of carboxylic acids is 1. The zero-order chi connectivity index (χ0) is 66.2. The van der Waals surface area contributed by atoms with Gasteiger partial charge in [-0.05, 0) is 78.5 Å². The van der Waals surface area contributed by atoms with Crippen molar-refractivity contribution >= 4 is 95.5 Å². The van der Waals surface area contributed by atoms with Crippen LogP contribution in [0.25, 0.3) is 11.0 Å². The predicted molar refractivity (Wildman–Crippen MR) is 345 cm³/mol. The first-order valence-electron chi connectivity index (χ1n) is 29.4. The number of aromatic nitrogens is 2. The van der Waals surface area contributed by atoms with Gasteiger partial charge >= 0.3 is 18.1 Å². The zero-order valence-electron chi connectivity index (χ0n) is 52.7. The predicted octanol–water partition coefficient (Wildman–Crippen LogP) is 5.97. The van der Waals surface area contributed by atoms with Crippen LogP contribution in [0.3, 0.4) is 0 Å². The number of aliphatic carboxylic acids is 1. The third-order valence-corrected chi connectivity index (χ3v) is 15.1. The molecule has 0 bridgehead atoms. The number of fused-ring (bicyclic) bond motifs is 1. The molecular weight excluding hydrogens is 1180 g/mol. The molecule has 26 heteroatoms. The van der Waals surface area contributed by atoms with Crippen LogP contribution >= 0.6 is 25.3 Å². The molecule has 0 radical (unpaired) electrons. The molecule has 0 saturated carbocycles. The number of thiol groups is 2. The van der Waals surface area contributed by atoms with Crippen LogP contribution in [0.4, 0.5) is 15.3 Å². The maximum atomic E-state index is 14.7. The number of carbonyl (C=O) groups excluding carboxylic acids is 8. The van der Waals surface area contributed by atoms with Gasteiger partial charge < -0.3 is 62.3 Å². The Morgan fingerprint density at radius 3 is 1.92 bits per heavy atom. The van der Waals surface area contributed by atoms with Crippen LogP contribution in [-0.4, -0.2) is 150 Å². The average Bonchev–Trinajstić information content (AvgIpc) is 2.22. The number of hydrogen-bond acceptors (Lipinski definition) is 16. The van der Waals surface area contributed by atoms with Crippen molar-refractivity contribution < 1.29 is 62.5 Å². The summed E-state index contributed by atoms with van der Waals surface area (Å²) in [5.41, 5.74) is 8.06. The summed E-state index contributed by atoms with van der Waals surface area (Å²) in [5, 5.41) is 28.9. The number of ether oxygens (including phenoxy) is 3. The SMILES string of the molecule is C/C(=C\[C@@H](NC(=O)[C@@H](NC(=O)[C@@H](N(C)C(=O)OCc1ccc(NC(=O)[C@H](CCCNC(N)=O)NC(=O)[C@@H](NC(=O)CCOCCOCCNC(=O)c2ccc3nc(CS)c(CS)nc3c2)C(C)C)cc1)C(C)(C)c1ccccc1)C(C)(C)C)C(C)C)C(=O)O. The van der Waals surface area contributed by atoms with Crippen LogP contribution in [0.15, 0.2) is 84.4 Å². The highest BCUT2D eigenvalue weighted by atomic mass is 32.1. The van der Waals surface area contributed by atoms with Gasteiger partial charge in [-0.2, -0.15) is 25.3 Å². The van der Waals surface area contributed by atoms with E-state index in [4.69, 9.17) is 19.9 Å². The molecule has 486 valence electrons. The second kappa shape index (κ2) is 35.4. The molecule has 0 unspecified atom stereocenters. The van der Waals surface area contributed by atoms with Crippen molar-refractivity contribution in [2.45, 2.75) is 142 Å². The largest absolute Gasteiger partial charge is 0.478 e. The first-order chi connectivity index (χ1) is 42.0. The molecule has 10 N–H and O–H groups in total. The summed E-state index contributed by atoms with van der Waals surface area (Å²) in [7, 11) is 1.43. The minimum atomic E-state index is -1.23. The standard InChI is InChI=1S/C63H89N11O13S2/c1-37(2)46(32-39(5)59(81)82)71-57(79)52(62(6,7)8)73-58(80)53(63(9,10)42-16-13-12-14-17-42)74(11)61(84)87-34-40-19-22-43(23-20-40)67-55(77)45(18-15-26-66-60(64)83)70-56(78)51(38(3)4)72-50(75)25-28-85-30-31-86-29-27-65-54(76)41-21-24-44-47(33-41)69-49(36-89)48(35-88)68-44/h12-14,16-17,19-24,32-33,37-38,45-46,51-53,88-89H,15,18,25-31,34-36H2,1-11H3,(H,65,76)(H,67,77)(H,70,78)(H,71,79)(H,72,75)(H,73,80)(H,81,82)(H3,64,66,83)/b39-32+/t45-,46+,51-,52+,53+/m0/s1. The number of hydrogen-bond donors (Lipinski definition) is 11. The molecule has 4 aromatic rings. The van der Waals surface area contributed by atoms with Gasteiger partial charge in [0.05, 0.1) is 54.9 Å². The van der Waals surface area contributed by atoms with Gasteiger partial charge in [-0.15, -0.1) is 0 Å². The fraction of sp³-hybridized carbons (Fsp3) is 0.508. The normalized spacial score (nSPS) is 13.5. The monoisotopic (exact) mass is 1270 g/mol. The molecule has 1 aromatic heterocycles. The van der Waals surface area contributed by atoms with Crippen molar-refractivity contribution in [1.29, 1.82) is 0 Å². The second-order valence-electron chi connectivity index (χ2n) is 23.7. The number of nitrogens with two attached hydrogens (primary N) is 1. The van der Waals surface area contributed by atoms with Gasteiger partial charge in [-0.1, -0.05) is 111 Å². The Morgan fingerprint density at radius 2 is 1.34 bits per heavy atom. The van der Waals surface area contributed by atoms with Crippen molar-refractivity contribution in [2.24, 2.45) is 23.0 Å². The van der Waals surface area contributed by atoms with Crippen LogP contribution in [0.1, 0.15) is 121 Å². The molecule has 0 aliphatic rings. The lowest BCUT2D eigenvalue weighted by molar-refractivity contribution is -0.135. The number of likely N-dealkylation sites (N-methyl/N-ethyl adjacent to an activating group) is 1. The van der Waals surface area contributed by atoms with E-state index in [1.54, 1.807) is 90.9 Å². The molecular formula is C63H89N11O13S2. The van der Waals surface area contributed by atoms with Crippen molar-refractivity contribution in [2.75, 3.05) is 51.9 Å². The number of amides is 9. The highest BCUT2D eigenvalue weighted by Gasteiger charge is 2.45. The van der Waals surface area contributed by atoms with Gasteiger partial charge in [0.25, 0.3) is 5.91 Å². The van der Waals surface area contributed by atoms with E-state index < -0.39 is 94.6 Å². The summed E-state index contributed by atoms with van der Waals surface area (Å²) >= 11 is 8.63. The van der Waals surface area contributed by atoms with E-state index in [0.717, 1.165) is 11.3 Å². The molecule has 4 rings (SSSR count). The number of urea groups is 1. The fourth-order valence-corrected chi connectivity index (χ4v) is 9.85. The molecule has 0 aliphatic carbocycles. The molecule has 0 aliphatic heterocycles. The molecule has 9 amide bonds. The summed E-state index contributed by atoms with van der Waals surface area (Å²) in [6, 6.07) is 14.6. The van der Waals surface area contributed by atoms with Crippen molar-refractivity contribution in [3.8, 4) is 0 Å². The van der Waals surface area contributed by atoms with Crippen LogP contribution in [0.2, 0.25) is 0 Å². The molecule has 0 saturated heterocycles. The molecule has 0 spiro atoms. The van der Waals surface area contributed by atoms with E-state index in [0.29, 0.717) is 45.0 Å². The highest BCUT2D eigenvalue weighted by Crippen LogP contribution is 2.32. The van der Waals surface area contributed by atoms with Gasteiger partial charge in [-0.25, -0.2) is 24.4 Å². The highest BCUT2D eigenvalue weighted by molar-refractivity contribution is 7.79. The first kappa shape index (κ1) is 73.7. The lowest BCUT2D eigenvalue weighted by Crippen LogP contribution is -2.62. The lowest BCUT2D eigenvalue weighted by Gasteiger charge is -2.41. The Kier molecular flexibility index (Phi) is 29.3. The topological polar surface area (TPSA) is 341 Å². The minimum Gasteiger partial charge on any atom is -0.478 e. The van der Waals surface area contributed by atoms with Crippen molar-refractivity contribution in [1.82, 2.24) is 46.8 Å². The number of carbonyl (C=O) groups is 9. The number of nitrogens with zero attached hydrogens (tertiary/aromatic N) is 3. The van der Waals surface area contributed by atoms with Gasteiger partial charge in [0.2, 0.25) is 29.5 Å². The van der Waals surface area contributed by atoms with Crippen LogP contribution in [0, 0.1) is 17.3 Å². The lowest BCUT2D eigenvalue weighted by atomic mass is 9.76. The molecule has 1 heterocycles. The fourth-order valence-electron chi connectivity index (χ4n) is 9.34. The number of nitrogens with one attached hydrogen (secondary N) is 7. The average molecular weight is 1270 g/mol. The quantitative estimate of drug-likeness (QED) is 0.0146. The second-order valence-corrected chi connectivity index (χ2v) is 24.4. The van der Waals surface area contributed by atoms with E-state index in [2.05, 4.69) is 72.4 Å². The number of rotatable bonds is 34. The van der Waals surface area contributed by atoms with Gasteiger partial charge in [0.1, 0.15) is 30.8 Å². The Balaban J connectivity index is 1.33. The summed E-state index contributed by atoms with van der Waals surface area (Å²) in [6.07, 6.45) is 0.849. The van der Waals surface area contributed by atoms with Gasteiger partial charge in [-0.3, -0.25) is 33.7 Å². The number of benzene rings is 3. The molecule has 0 fully saturated rings. The zero-order valence-corrected chi connectivity index (χ0v) is 54.5. The summed E-state index contributed by atoms with van der Waals surface area (Å²) in [6.45, 7) is 18.2. The molecule has 3 aromatic carbocycles. The van der Waals surface area contributed by atoms with Crippen LogP contribution in [0.5, 0.6) is 0 Å². The molecule has 5 atom stereocenters. The Bertz CT molecular complexity index is 3100. The summed E-state index contributed by atoms with van der Waals surface area (Å²) in [5.74, 6) is -4.08. The Morgan fingerprint density at radius 1 is 0.708 bits per heavy atom. The number of primary amides is 1. The van der Waals surface area contributed by atoms with E-state index in [-0.39, 0.29) is 82.8 Å².